The lowest BCUT2D eigenvalue weighted by Gasteiger charge is -2.22. The largest absolute Gasteiger partial charge is 0.300 e. The third kappa shape index (κ3) is 2.36. The van der Waals surface area contributed by atoms with Gasteiger partial charge >= 0.3 is 0 Å². The molecule has 0 aliphatic carbocycles. The predicted molar refractivity (Wildman–Crippen MR) is 82.3 cm³/mol. The summed E-state index contributed by atoms with van der Waals surface area (Å²) in [7, 11) is 2.31. The minimum atomic E-state index is 0.769. The Morgan fingerprint density at radius 3 is 2.79 bits per heavy atom. The normalized spacial score (nSPS) is 27.2. The zero-order valence-electron chi connectivity index (χ0n) is 12.4. The predicted octanol–water partition coefficient (Wildman–Crippen LogP) is 4.20. The van der Waals surface area contributed by atoms with Gasteiger partial charge in [0.15, 0.2) is 0 Å². The summed E-state index contributed by atoms with van der Waals surface area (Å²) >= 11 is 0. The molecule has 1 fully saturated rings. The molecule has 0 spiro atoms. The maximum Gasteiger partial charge on any atom is 0.0136 e. The third-order valence-electron chi connectivity index (χ3n) is 5.18. The van der Waals surface area contributed by atoms with Crippen LogP contribution in [0.4, 0.5) is 0 Å². The summed E-state index contributed by atoms with van der Waals surface area (Å²) in [6.07, 6.45) is 8.88. The van der Waals surface area contributed by atoms with Crippen LogP contribution in [-0.4, -0.2) is 24.0 Å². The second-order valence-electron chi connectivity index (χ2n) is 6.21. The van der Waals surface area contributed by atoms with Crippen LogP contribution in [0.5, 0.6) is 0 Å². The summed E-state index contributed by atoms with van der Waals surface area (Å²) in [6, 6.07) is 8.59. The van der Waals surface area contributed by atoms with E-state index in [-0.39, 0.29) is 0 Å². The van der Waals surface area contributed by atoms with Gasteiger partial charge in [-0.15, -0.1) is 0 Å². The Bertz CT molecular complexity index is 500. The molecule has 0 saturated carbocycles. The Hall–Kier alpha value is -1.08. The van der Waals surface area contributed by atoms with Gasteiger partial charge in [0.05, 0.1) is 0 Å². The van der Waals surface area contributed by atoms with E-state index in [1.807, 2.05) is 0 Å². The van der Waals surface area contributed by atoms with E-state index in [0.29, 0.717) is 0 Å². The zero-order valence-corrected chi connectivity index (χ0v) is 12.4. The van der Waals surface area contributed by atoms with E-state index in [1.165, 1.54) is 42.4 Å². The number of nitrogens with zero attached hydrogens (tertiary/aromatic N) is 1. The second kappa shape index (κ2) is 5.13. The first-order valence-corrected chi connectivity index (χ1v) is 7.70. The molecule has 1 saturated heterocycles. The molecule has 0 amide bonds. The van der Waals surface area contributed by atoms with Crippen LogP contribution in [0.3, 0.4) is 0 Å². The lowest BCUT2D eigenvalue weighted by atomic mass is 9.92. The highest BCUT2D eigenvalue weighted by Crippen LogP contribution is 2.36. The first kappa shape index (κ1) is 12.9. The molecule has 0 radical (unpaired) electrons. The minimum absolute atomic E-state index is 0.769. The molecular weight excluding hydrogens is 230 g/mol. The smallest absolute Gasteiger partial charge is 0.0136 e. The maximum absolute atomic E-state index is 2.61. The van der Waals surface area contributed by atoms with Crippen molar-refractivity contribution >= 4 is 5.57 Å². The topological polar surface area (TPSA) is 3.24 Å². The lowest BCUT2D eigenvalue weighted by Crippen LogP contribution is -2.30. The molecule has 19 heavy (non-hydrogen) atoms. The van der Waals surface area contributed by atoms with E-state index in [9.17, 15) is 0 Å². The van der Waals surface area contributed by atoms with Crippen molar-refractivity contribution in [3.63, 3.8) is 0 Å². The molecule has 2 unspecified atom stereocenters. The fourth-order valence-electron chi connectivity index (χ4n) is 3.72. The van der Waals surface area contributed by atoms with Gasteiger partial charge in [-0.05, 0) is 68.3 Å². The van der Waals surface area contributed by atoms with Gasteiger partial charge in [-0.3, -0.25) is 4.90 Å². The first-order chi connectivity index (χ1) is 9.19. The van der Waals surface area contributed by atoms with Gasteiger partial charge in [-0.2, -0.15) is 0 Å². The monoisotopic (exact) mass is 255 g/mol. The molecular formula is C18H25N. The highest BCUT2D eigenvalue weighted by atomic mass is 15.2. The number of hydrogen-bond donors (Lipinski definition) is 0. The summed E-state index contributed by atoms with van der Waals surface area (Å²) in [5, 5.41) is 0. The van der Waals surface area contributed by atoms with Crippen LogP contribution in [0.1, 0.15) is 49.3 Å². The Balaban J connectivity index is 1.90. The Labute approximate surface area is 117 Å². The molecule has 2 aliphatic rings. The van der Waals surface area contributed by atoms with E-state index in [2.05, 4.69) is 50.1 Å². The van der Waals surface area contributed by atoms with Crippen molar-refractivity contribution in [2.45, 2.75) is 58.0 Å². The van der Waals surface area contributed by atoms with Gasteiger partial charge in [0.25, 0.3) is 0 Å². The van der Waals surface area contributed by atoms with Crippen molar-refractivity contribution in [3.8, 4) is 0 Å². The van der Waals surface area contributed by atoms with Gasteiger partial charge in [0, 0.05) is 12.1 Å². The quantitative estimate of drug-likeness (QED) is 0.765. The summed E-state index contributed by atoms with van der Waals surface area (Å²) in [4.78, 5) is 2.61. The van der Waals surface area contributed by atoms with Crippen molar-refractivity contribution in [1.29, 1.82) is 0 Å². The van der Waals surface area contributed by atoms with Crippen LogP contribution >= 0.6 is 0 Å². The summed E-state index contributed by atoms with van der Waals surface area (Å²) < 4.78 is 0. The van der Waals surface area contributed by atoms with Gasteiger partial charge in [-0.25, -0.2) is 0 Å². The van der Waals surface area contributed by atoms with Crippen LogP contribution in [0, 0.1) is 6.92 Å². The summed E-state index contributed by atoms with van der Waals surface area (Å²) in [5.41, 5.74) is 5.97. The number of fused-ring (bicyclic) bond motifs is 2. The van der Waals surface area contributed by atoms with E-state index in [4.69, 9.17) is 0 Å². The van der Waals surface area contributed by atoms with Crippen LogP contribution in [0.25, 0.3) is 5.57 Å². The maximum atomic E-state index is 2.61. The molecule has 2 heterocycles. The number of hydrogen-bond acceptors (Lipinski definition) is 1. The van der Waals surface area contributed by atoms with E-state index in [1.54, 1.807) is 5.57 Å². The minimum Gasteiger partial charge on any atom is -0.300 e. The van der Waals surface area contributed by atoms with Gasteiger partial charge in [-0.1, -0.05) is 31.2 Å². The SMILES string of the molecule is CCc1cc(C2=CCC3CCC(C2)N3C)ccc1C. The molecule has 102 valence electrons. The van der Waals surface area contributed by atoms with Crippen LogP contribution in [0.15, 0.2) is 24.3 Å². The highest BCUT2D eigenvalue weighted by molar-refractivity contribution is 5.67. The lowest BCUT2D eigenvalue weighted by molar-refractivity contribution is 0.250. The standard InChI is InChI=1S/C18H25N/c1-4-14-11-15(6-5-13(14)2)16-7-8-17-9-10-18(12-16)19(17)3/h5-7,11,17-18H,4,8-10,12H2,1-3H3. The fourth-order valence-corrected chi connectivity index (χ4v) is 3.72. The molecule has 1 nitrogen and oxygen atoms in total. The molecule has 1 aromatic rings. The first-order valence-electron chi connectivity index (χ1n) is 7.70. The average Bonchev–Trinajstić information content (AvgIpc) is 2.64. The van der Waals surface area contributed by atoms with Crippen LogP contribution in [-0.2, 0) is 6.42 Å². The van der Waals surface area contributed by atoms with E-state index in [0.717, 1.165) is 18.5 Å². The van der Waals surface area contributed by atoms with Crippen molar-refractivity contribution in [2.24, 2.45) is 0 Å². The molecule has 1 aromatic carbocycles. The Morgan fingerprint density at radius 1 is 1.21 bits per heavy atom. The summed E-state index contributed by atoms with van der Waals surface area (Å²) in [6.45, 7) is 4.48. The molecule has 3 rings (SSSR count). The van der Waals surface area contributed by atoms with Crippen molar-refractivity contribution < 1.29 is 0 Å². The van der Waals surface area contributed by atoms with Gasteiger partial charge < -0.3 is 0 Å². The third-order valence-corrected chi connectivity index (χ3v) is 5.18. The van der Waals surface area contributed by atoms with Crippen molar-refractivity contribution in [1.82, 2.24) is 4.90 Å². The van der Waals surface area contributed by atoms with E-state index >= 15 is 0 Å². The molecule has 2 atom stereocenters. The van der Waals surface area contributed by atoms with Crippen molar-refractivity contribution in [3.05, 3.63) is 41.0 Å². The van der Waals surface area contributed by atoms with Crippen LogP contribution < -0.4 is 0 Å². The second-order valence-corrected chi connectivity index (χ2v) is 6.21. The fraction of sp³-hybridized carbons (Fsp3) is 0.556. The molecule has 2 bridgehead atoms. The summed E-state index contributed by atoms with van der Waals surface area (Å²) in [5.74, 6) is 0. The number of benzene rings is 1. The molecule has 2 aliphatic heterocycles. The number of aryl methyl sites for hydroxylation is 2. The average molecular weight is 255 g/mol. The van der Waals surface area contributed by atoms with Gasteiger partial charge in [0.1, 0.15) is 0 Å². The number of rotatable bonds is 2. The van der Waals surface area contributed by atoms with Crippen LogP contribution in [0.2, 0.25) is 0 Å². The molecule has 1 heteroatoms. The molecule has 0 aromatic heterocycles. The Morgan fingerprint density at radius 2 is 2.00 bits per heavy atom. The van der Waals surface area contributed by atoms with Crippen molar-refractivity contribution in [2.75, 3.05) is 7.05 Å². The zero-order chi connectivity index (χ0) is 13.4. The van der Waals surface area contributed by atoms with E-state index < -0.39 is 0 Å². The highest BCUT2D eigenvalue weighted by Gasteiger charge is 2.32. The van der Waals surface area contributed by atoms with Gasteiger partial charge in [0.2, 0.25) is 0 Å². The molecule has 0 N–H and O–H groups in total. The Kier molecular flexibility index (Phi) is 3.49.